The summed E-state index contributed by atoms with van der Waals surface area (Å²) in [7, 11) is 3.98. The molecule has 0 radical (unpaired) electrons. The van der Waals surface area contributed by atoms with Gasteiger partial charge in [-0.3, -0.25) is 9.59 Å². The summed E-state index contributed by atoms with van der Waals surface area (Å²) in [6.07, 6.45) is 4.20. The van der Waals surface area contributed by atoms with Crippen LogP contribution in [0.4, 0.5) is 5.69 Å². The number of hydrogen-bond donors (Lipinski definition) is 1. The molecule has 1 saturated carbocycles. The van der Waals surface area contributed by atoms with Crippen LogP contribution < -0.4 is 4.90 Å². The second-order valence-corrected chi connectivity index (χ2v) is 9.16. The minimum atomic E-state index is -0.784. The summed E-state index contributed by atoms with van der Waals surface area (Å²) in [6, 6.07) is 7.99. The van der Waals surface area contributed by atoms with Gasteiger partial charge in [-0.25, -0.2) is 0 Å². The standard InChI is InChI=1S/C22H31N3O3/c1-23(2)19-8-6-16(7-9-19)10-20(26)25-13-18-12-24(11-17-4-3-5-17)14-22(18,15-25)21(27)28/h6-9,17-18H,3-5,10-15H2,1-2H3,(H,27,28)/t18-,22-/m1/s1. The van der Waals surface area contributed by atoms with E-state index >= 15 is 0 Å². The summed E-state index contributed by atoms with van der Waals surface area (Å²) in [5.74, 6) is 0.0927. The smallest absolute Gasteiger partial charge is 0.313 e. The fourth-order valence-corrected chi connectivity index (χ4v) is 5.04. The Bertz CT molecular complexity index is 744. The molecule has 1 aliphatic carbocycles. The van der Waals surface area contributed by atoms with Gasteiger partial charge in [0.25, 0.3) is 0 Å². The molecule has 6 nitrogen and oxygen atoms in total. The fraction of sp³-hybridized carbons (Fsp3) is 0.636. The highest BCUT2D eigenvalue weighted by Gasteiger charge is 2.58. The molecule has 0 bridgehead atoms. The van der Waals surface area contributed by atoms with Crippen LogP contribution in [0, 0.1) is 17.3 Å². The van der Waals surface area contributed by atoms with Crippen molar-refractivity contribution in [1.29, 1.82) is 0 Å². The summed E-state index contributed by atoms with van der Waals surface area (Å²) >= 11 is 0. The lowest BCUT2D eigenvalue weighted by molar-refractivity contribution is -0.149. The first-order valence-corrected chi connectivity index (χ1v) is 10.4. The van der Waals surface area contributed by atoms with E-state index < -0.39 is 11.4 Å². The molecule has 4 rings (SSSR count). The van der Waals surface area contributed by atoms with E-state index in [-0.39, 0.29) is 11.8 Å². The van der Waals surface area contributed by atoms with Crippen LogP contribution in [0.3, 0.4) is 0 Å². The predicted octanol–water partition coefficient (Wildman–Crippen LogP) is 1.94. The van der Waals surface area contributed by atoms with Crippen LogP contribution in [0.2, 0.25) is 0 Å². The van der Waals surface area contributed by atoms with Gasteiger partial charge in [0.1, 0.15) is 5.41 Å². The monoisotopic (exact) mass is 385 g/mol. The highest BCUT2D eigenvalue weighted by molar-refractivity contribution is 5.83. The molecule has 1 amide bonds. The first-order valence-electron chi connectivity index (χ1n) is 10.4. The molecule has 0 spiro atoms. The Morgan fingerprint density at radius 1 is 1.14 bits per heavy atom. The lowest BCUT2D eigenvalue weighted by atomic mass is 9.81. The average Bonchev–Trinajstić information content (AvgIpc) is 3.14. The number of carbonyl (C=O) groups is 2. The quantitative estimate of drug-likeness (QED) is 0.811. The van der Waals surface area contributed by atoms with Crippen molar-refractivity contribution in [2.24, 2.45) is 17.3 Å². The van der Waals surface area contributed by atoms with Gasteiger partial charge in [-0.05, 0) is 36.5 Å². The number of anilines is 1. The van der Waals surface area contributed by atoms with Crippen molar-refractivity contribution in [2.45, 2.75) is 25.7 Å². The molecule has 1 aromatic rings. The lowest BCUT2D eigenvalue weighted by Gasteiger charge is -2.31. The number of fused-ring (bicyclic) bond motifs is 1. The normalized spacial score (nSPS) is 27.5. The lowest BCUT2D eigenvalue weighted by Crippen LogP contribution is -2.43. The van der Waals surface area contributed by atoms with Crippen molar-refractivity contribution >= 4 is 17.6 Å². The maximum atomic E-state index is 12.9. The molecule has 28 heavy (non-hydrogen) atoms. The van der Waals surface area contributed by atoms with E-state index in [0.29, 0.717) is 26.1 Å². The third-order valence-corrected chi connectivity index (χ3v) is 7.01. The first-order chi connectivity index (χ1) is 13.4. The molecule has 2 atom stereocenters. The number of amides is 1. The van der Waals surface area contributed by atoms with Crippen LogP contribution in [-0.2, 0) is 16.0 Å². The van der Waals surface area contributed by atoms with Crippen molar-refractivity contribution in [2.75, 3.05) is 51.7 Å². The zero-order valence-electron chi connectivity index (χ0n) is 16.9. The van der Waals surface area contributed by atoms with Gasteiger partial charge >= 0.3 is 5.97 Å². The number of carbonyl (C=O) groups excluding carboxylic acids is 1. The van der Waals surface area contributed by atoms with E-state index in [1.165, 1.54) is 19.3 Å². The predicted molar refractivity (Wildman–Crippen MR) is 108 cm³/mol. The van der Waals surface area contributed by atoms with Gasteiger partial charge in [-0.15, -0.1) is 0 Å². The Morgan fingerprint density at radius 3 is 2.39 bits per heavy atom. The third kappa shape index (κ3) is 3.50. The topological polar surface area (TPSA) is 64.1 Å². The van der Waals surface area contributed by atoms with Crippen LogP contribution in [0.1, 0.15) is 24.8 Å². The minimum absolute atomic E-state index is 0.0400. The molecule has 1 aromatic carbocycles. The maximum absolute atomic E-state index is 12.9. The van der Waals surface area contributed by atoms with Gasteiger partial charge in [0.2, 0.25) is 5.91 Å². The van der Waals surface area contributed by atoms with E-state index in [4.69, 9.17) is 0 Å². The largest absolute Gasteiger partial charge is 0.481 e. The number of nitrogens with zero attached hydrogens (tertiary/aromatic N) is 3. The Kier molecular flexibility index (Phi) is 5.08. The van der Waals surface area contributed by atoms with Crippen molar-refractivity contribution in [3.63, 3.8) is 0 Å². The number of likely N-dealkylation sites (tertiary alicyclic amines) is 2. The van der Waals surface area contributed by atoms with Gasteiger partial charge in [-0.1, -0.05) is 18.6 Å². The molecule has 2 saturated heterocycles. The number of hydrogen-bond acceptors (Lipinski definition) is 4. The van der Waals surface area contributed by atoms with E-state index in [1.54, 1.807) is 4.90 Å². The molecule has 3 aliphatic rings. The summed E-state index contributed by atoms with van der Waals surface area (Å²) in [5.41, 5.74) is 1.29. The Labute approximate surface area is 167 Å². The molecule has 1 N–H and O–H groups in total. The summed E-state index contributed by atoms with van der Waals surface area (Å²) in [4.78, 5) is 31.2. The number of carboxylic acid groups (broad SMARTS) is 1. The van der Waals surface area contributed by atoms with E-state index in [9.17, 15) is 14.7 Å². The minimum Gasteiger partial charge on any atom is -0.481 e. The zero-order chi connectivity index (χ0) is 19.9. The molecule has 0 unspecified atom stereocenters. The van der Waals surface area contributed by atoms with E-state index in [1.807, 2.05) is 43.3 Å². The molecule has 6 heteroatoms. The van der Waals surface area contributed by atoms with Crippen LogP contribution >= 0.6 is 0 Å². The van der Waals surface area contributed by atoms with Gasteiger partial charge in [0.15, 0.2) is 0 Å². The zero-order valence-corrected chi connectivity index (χ0v) is 16.9. The number of rotatable bonds is 6. The van der Waals surface area contributed by atoms with E-state index in [2.05, 4.69) is 4.90 Å². The molecule has 152 valence electrons. The molecular formula is C22H31N3O3. The Morgan fingerprint density at radius 2 is 1.86 bits per heavy atom. The highest BCUT2D eigenvalue weighted by atomic mass is 16.4. The SMILES string of the molecule is CN(C)c1ccc(CC(=O)N2C[C@H]3CN(CC4CCC4)C[C@@]3(C(=O)O)C2)cc1. The molecule has 3 fully saturated rings. The molecule has 2 heterocycles. The number of benzene rings is 1. The fourth-order valence-electron chi connectivity index (χ4n) is 5.04. The maximum Gasteiger partial charge on any atom is 0.313 e. The molecule has 2 aliphatic heterocycles. The Hall–Kier alpha value is -2.08. The second kappa shape index (κ2) is 7.39. The number of carboxylic acids is 1. The number of aliphatic carboxylic acids is 1. The van der Waals surface area contributed by atoms with Crippen molar-refractivity contribution < 1.29 is 14.7 Å². The average molecular weight is 386 g/mol. The van der Waals surface area contributed by atoms with Gasteiger partial charge in [-0.2, -0.15) is 0 Å². The summed E-state index contributed by atoms with van der Waals surface area (Å²) < 4.78 is 0. The van der Waals surface area contributed by atoms with Crippen LogP contribution in [0.5, 0.6) is 0 Å². The van der Waals surface area contributed by atoms with E-state index in [0.717, 1.165) is 30.3 Å². The van der Waals surface area contributed by atoms with Crippen molar-refractivity contribution in [3.8, 4) is 0 Å². The summed E-state index contributed by atoms with van der Waals surface area (Å²) in [6.45, 7) is 3.34. The molecular weight excluding hydrogens is 354 g/mol. The van der Waals surface area contributed by atoms with Crippen LogP contribution in [-0.4, -0.2) is 73.6 Å². The van der Waals surface area contributed by atoms with Crippen LogP contribution in [0.25, 0.3) is 0 Å². The van der Waals surface area contributed by atoms with Crippen LogP contribution in [0.15, 0.2) is 24.3 Å². The second-order valence-electron chi connectivity index (χ2n) is 9.16. The summed E-state index contributed by atoms with van der Waals surface area (Å²) in [5, 5.41) is 10.00. The third-order valence-electron chi connectivity index (χ3n) is 7.01. The highest BCUT2D eigenvalue weighted by Crippen LogP contribution is 2.44. The first kappa shape index (κ1) is 19.2. The van der Waals surface area contributed by atoms with Gasteiger partial charge in [0.05, 0.1) is 6.42 Å². The van der Waals surface area contributed by atoms with Gasteiger partial charge in [0, 0.05) is 58.4 Å². The van der Waals surface area contributed by atoms with Crippen molar-refractivity contribution in [1.82, 2.24) is 9.80 Å². The Balaban J connectivity index is 1.39. The van der Waals surface area contributed by atoms with Crippen molar-refractivity contribution in [3.05, 3.63) is 29.8 Å². The van der Waals surface area contributed by atoms with Gasteiger partial charge < -0.3 is 19.8 Å². The molecule has 0 aromatic heterocycles.